The van der Waals surface area contributed by atoms with E-state index in [9.17, 15) is 4.79 Å². The quantitative estimate of drug-likeness (QED) is 0.791. The first-order valence-electron chi connectivity index (χ1n) is 7.06. The van der Waals surface area contributed by atoms with Crippen molar-refractivity contribution in [2.24, 2.45) is 0 Å². The molecule has 0 aliphatic heterocycles. The molecule has 0 bridgehead atoms. The van der Waals surface area contributed by atoms with Gasteiger partial charge in [0.2, 0.25) is 0 Å². The Morgan fingerprint density at radius 3 is 2.43 bits per heavy atom. The second-order valence-corrected chi connectivity index (χ2v) is 5.57. The van der Waals surface area contributed by atoms with E-state index in [2.05, 4.69) is 10.6 Å². The highest BCUT2D eigenvalue weighted by molar-refractivity contribution is 7.98. The predicted octanol–water partition coefficient (Wildman–Crippen LogP) is 3.75. The molecule has 0 aromatic heterocycles. The first kappa shape index (κ1) is 17.0. The maximum atomic E-state index is 12.0. The van der Waals surface area contributed by atoms with Crippen molar-refractivity contribution < 1.29 is 14.3 Å². The summed E-state index contributed by atoms with van der Waals surface area (Å²) in [6.45, 7) is 0.342. The van der Waals surface area contributed by atoms with Gasteiger partial charge in [-0.1, -0.05) is 12.1 Å². The molecule has 2 aromatic rings. The normalized spacial score (nSPS) is 10.0. The summed E-state index contributed by atoms with van der Waals surface area (Å²) >= 11 is 1.66. The second kappa shape index (κ2) is 8.33. The van der Waals surface area contributed by atoms with Gasteiger partial charge in [0.15, 0.2) is 11.5 Å². The maximum Gasteiger partial charge on any atom is 0.319 e. The number of nitrogens with one attached hydrogen (secondary N) is 2. The topological polar surface area (TPSA) is 59.6 Å². The van der Waals surface area contributed by atoms with Crippen molar-refractivity contribution in [1.29, 1.82) is 0 Å². The molecule has 0 aliphatic carbocycles. The highest BCUT2D eigenvalue weighted by atomic mass is 32.2. The van der Waals surface area contributed by atoms with Crippen molar-refractivity contribution in [1.82, 2.24) is 5.32 Å². The summed E-state index contributed by atoms with van der Waals surface area (Å²) in [4.78, 5) is 13.1. The number of anilines is 1. The monoisotopic (exact) mass is 332 g/mol. The predicted molar refractivity (Wildman–Crippen MR) is 93.6 cm³/mol. The van der Waals surface area contributed by atoms with Gasteiger partial charge in [-0.2, -0.15) is 0 Å². The summed E-state index contributed by atoms with van der Waals surface area (Å²) in [6.07, 6.45) is 2.01. The van der Waals surface area contributed by atoms with Crippen molar-refractivity contribution in [3.8, 4) is 11.5 Å². The molecule has 2 rings (SSSR count). The van der Waals surface area contributed by atoms with Crippen molar-refractivity contribution in [3.63, 3.8) is 0 Å². The van der Waals surface area contributed by atoms with E-state index in [0.29, 0.717) is 18.0 Å². The van der Waals surface area contributed by atoms with E-state index in [0.717, 1.165) is 16.1 Å². The average Bonchev–Trinajstić information content (AvgIpc) is 2.60. The molecule has 2 aromatic carbocycles. The molecule has 6 heteroatoms. The van der Waals surface area contributed by atoms with Crippen molar-refractivity contribution in [2.75, 3.05) is 25.8 Å². The zero-order valence-electron chi connectivity index (χ0n) is 13.4. The zero-order valence-corrected chi connectivity index (χ0v) is 14.2. The van der Waals surface area contributed by atoms with Crippen molar-refractivity contribution in [2.45, 2.75) is 11.4 Å². The third-order valence-electron chi connectivity index (χ3n) is 3.27. The Hall–Kier alpha value is -2.34. The average molecular weight is 332 g/mol. The van der Waals surface area contributed by atoms with Gasteiger partial charge < -0.3 is 20.1 Å². The fourth-order valence-corrected chi connectivity index (χ4v) is 2.53. The Morgan fingerprint density at radius 1 is 1.09 bits per heavy atom. The molecule has 5 nitrogen and oxygen atoms in total. The number of para-hydroxylation sites is 1. The molecule has 0 saturated heterocycles. The van der Waals surface area contributed by atoms with Crippen LogP contribution in [0.4, 0.5) is 10.5 Å². The van der Waals surface area contributed by atoms with E-state index in [1.807, 2.05) is 48.7 Å². The molecule has 0 radical (unpaired) electrons. The third kappa shape index (κ3) is 4.56. The first-order chi connectivity index (χ1) is 11.2. The highest BCUT2D eigenvalue weighted by Gasteiger charge is 2.10. The molecule has 23 heavy (non-hydrogen) atoms. The van der Waals surface area contributed by atoms with Crippen LogP contribution in [0.3, 0.4) is 0 Å². The molecule has 0 saturated carbocycles. The van der Waals surface area contributed by atoms with Gasteiger partial charge in [0, 0.05) is 22.7 Å². The zero-order chi connectivity index (χ0) is 16.7. The Kier molecular flexibility index (Phi) is 6.17. The number of ether oxygens (including phenoxy) is 2. The van der Waals surface area contributed by atoms with E-state index in [4.69, 9.17) is 9.47 Å². The summed E-state index contributed by atoms with van der Waals surface area (Å²) in [5.74, 6) is 1.26. The van der Waals surface area contributed by atoms with Gasteiger partial charge in [0.05, 0.1) is 14.2 Å². The lowest BCUT2D eigenvalue weighted by Gasteiger charge is -2.13. The molecule has 0 atom stereocenters. The van der Waals surface area contributed by atoms with Gasteiger partial charge in [0.1, 0.15) is 0 Å². The lowest BCUT2D eigenvalue weighted by Crippen LogP contribution is -2.28. The van der Waals surface area contributed by atoms with Gasteiger partial charge in [-0.05, 0) is 36.6 Å². The van der Waals surface area contributed by atoms with E-state index in [1.54, 1.807) is 26.0 Å². The summed E-state index contributed by atoms with van der Waals surface area (Å²) in [5.41, 5.74) is 1.60. The van der Waals surface area contributed by atoms with Gasteiger partial charge in [-0.25, -0.2) is 4.79 Å². The van der Waals surface area contributed by atoms with Gasteiger partial charge in [-0.15, -0.1) is 11.8 Å². The van der Waals surface area contributed by atoms with Crippen molar-refractivity contribution >= 4 is 23.5 Å². The van der Waals surface area contributed by atoms with Crippen LogP contribution in [0.1, 0.15) is 5.56 Å². The molecule has 0 unspecified atom stereocenters. The third-order valence-corrected chi connectivity index (χ3v) is 4.02. The summed E-state index contributed by atoms with van der Waals surface area (Å²) < 4.78 is 10.6. The van der Waals surface area contributed by atoms with Crippen LogP contribution in [0.5, 0.6) is 11.5 Å². The largest absolute Gasteiger partial charge is 0.493 e. The molecular weight excluding hydrogens is 312 g/mol. The number of carbonyl (C=O) groups is 1. The first-order valence-corrected chi connectivity index (χ1v) is 8.29. The number of amides is 2. The minimum atomic E-state index is -0.272. The minimum Gasteiger partial charge on any atom is -0.493 e. The van der Waals surface area contributed by atoms with Crippen LogP contribution >= 0.6 is 11.8 Å². The Labute approximate surface area is 140 Å². The van der Waals surface area contributed by atoms with Crippen LogP contribution in [0, 0.1) is 0 Å². The van der Waals surface area contributed by atoms with E-state index < -0.39 is 0 Å². The molecule has 0 fully saturated rings. The molecule has 0 spiro atoms. The molecule has 2 N–H and O–H groups in total. The number of hydrogen-bond donors (Lipinski definition) is 2. The number of hydrogen-bond acceptors (Lipinski definition) is 4. The maximum absolute atomic E-state index is 12.0. The lowest BCUT2D eigenvalue weighted by atomic mass is 10.2. The number of carbonyl (C=O) groups excluding carboxylic acids is 1. The number of rotatable bonds is 6. The minimum absolute atomic E-state index is 0.272. The standard InChI is InChI=1S/C17H20N2O3S/c1-21-15-6-4-5-12(16(15)22-2)11-18-17(20)19-13-7-9-14(23-3)10-8-13/h4-10H,11H2,1-3H3,(H2,18,19,20). The molecule has 122 valence electrons. The summed E-state index contributed by atoms with van der Waals surface area (Å²) in [6, 6.07) is 13.0. The van der Waals surface area contributed by atoms with E-state index >= 15 is 0 Å². The van der Waals surface area contributed by atoms with Crippen LogP contribution in [-0.2, 0) is 6.54 Å². The van der Waals surface area contributed by atoms with Crippen molar-refractivity contribution in [3.05, 3.63) is 48.0 Å². The highest BCUT2D eigenvalue weighted by Crippen LogP contribution is 2.30. The van der Waals surface area contributed by atoms with Crippen LogP contribution in [0.15, 0.2) is 47.4 Å². The van der Waals surface area contributed by atoms with E-state index in [1.165, 1.54) is 0 Å². The van der Waals surface area contributed by atoms with Crippen LogP contribution in [0.25, 0.3) is 0 Å². The Balaban J connectivity index is 1.96. The molecule has 0 aliphatic rings. The van der Waals surface area contributed by atoms with Crippen LogP contribution in [0.2, 0.25) is 0 Å². The summed E-state index contributed by atoms with van der Waals surface area (Å²) in [5, 5.41) is 5.61. The Morgan fingerprint density at radius 2 is 1.83 bits per heavy atom. The SMILES string of the molecule is COc1cccc(CNC(=O)Nc2ccc(SC)cc2)c1OC. The Bertz CT molecular complexity index is 659. The lowest BCUT2D eigenvalue weighted by molar-refractivity contribution is 0.251. The molecular formula is C17H20N2O3S. The number of benzene rings is 2. The molecule has 0 heterocycles. The fourth-order valence-electron chi connectivity index (χ4n) is 2.12. The second-order valence-electron chi connectivity index (χ2n) is 4.69. The van der Waals surface area contributed by atoms with Crippen LogP contribution in [-0.4, -0.2) is 26.5 Å². The van der Waals surface area contributed by atoms with Gasteiger partial charge in [0.25, 0.3) is 0 Å². The summed E-state index contributed by atoms with van der Waals surface area (Å²) in [7, 11) is 3.16. The molecule has 2 amide bonds. The number of urea groups is 1. The van der Waals surface area contributed by atoms with Crippen LogP contribution < -0.4 is 20.1 Å². The fraction of sp³-hybridized carbons (Fsp3) is 0.235. The number of thioether (sulfide) groups is 1. The van der Waals surface area contributed by atoms with Gasteiger partial charge >= 0.3 is 6.03 Å². The number of methoxy groups -OCH3 is 2. The smallest absolute Gasteiger partial charge is 0.319 e. The van der Waals surface area contributed by atoms with Gasteiger partial charge in [-0.3, -0.25) is 0 Å². The van der Waals surface area contributed by atoms with E-state index in [-0.39, 0.29) is 6.03 Å².